The number of fused-ring (bicyclic) bond motifs is 1. The van der Waals surface area contributed by atoms with Crippen molar-refractivity contribution in [1.29, 1.82) is 0 Å². The summed E-state index contributed by atoms with van der Waals surface area (Å²) in [6.45, 7) is 7.49. The second-order valence-electron chi connectivity index (χ2n) is 7.23. The van der Waals surface area contributed by atoms with Crippen molar-refractivity contribution < 1.29 is 0 Å². The van der Waals surface area contributed by atoms with Crippen LogP contribution in [-0.2, 0) is 12.3 Å². The maximum absolute atomic E-state index is 4.72. The molecular formula is C20H30N6S. The second-order valence-corrected chi connectivity index (χ2v) is 8.17. The van der Waals surface area contributed by atoms with Crippen molar-refractivity contribution >= 4 is 17.4 Å². The van der Waals surface area contributed by atoms with Crippen molar-refractivity contribution in [3.63, 3.8) is 0 Å². The molecule has 3 heterocycles. The molecule has 0 aliphatic carbocycles. The molecule has 27 heavy (non-hydrogen) atoms. The predicted molar refractivity (Wildman–Crippen MR) is 111 cm³/mol. The third kappa shape index (κ3) is 4.52. The van der Waals surface area contributed by atoms with Gasteiger partial charge in [-0.1, -0.05) is 38.1 Å². The molecule has 0 aliphatic rings. The Kier molecular flexibility index (Phi) is 6.55. The number of imidazole rings is 1. The highest BCUT2D eigenvalue weighted by Gasteiger charge is 2.21. The highest BCUT2D eigenvalue weighted by molar-refractivity contribution is 7.98. The Balaban J connectivity index is 1.81. The molecule has 0 spiro atoms. The van der Waals surface area contributed by atoms with Crippen molar-refractivity contribution in [3.05, 3.63) is 41.6 Å². The molecule has 7 heteroatoms. The number of unbranched alkanes of at least 4 members (excludes halogenated alkanes) is 1. The van der Waals surface area contributed by atoms with Gasteiger partial charge in [-0.15, -0.1) is 10.2 Å². The number of hydrogen-bond acceptors (Lipinski definition) is 5. The summed E-state index contributed by atoms with van der Waals surface area (Å²) in [6.07, 6.45) is 7.54. The molecule has 0 amide bonds. The first-order valence-corrected chi connectivity index (χ1v) is 10.7. The van der Waals surface area contributed by atoms with Crippen LogP contribution in [0.5, 0.6) is 0 Å². The van der Waals surface area contributed by atoms with Crippen molar-refractivity contribution in [2.45, 2.75) is 63.5 Å². The van der Waals surface area contributed by atoms with Crippen molar-refractivity contribution in [2.24, 2.45) is 0 Å². The smallest absolute Gasteiger partial charge is 0.191 e. The van der Waals surface area contributed by atoms with Crippen LogP contribution in [0.25, 0.3) is 5.65 Å². The van der Waals surface area contributed by atoms with Crippen molar-refractivity contribution in [1.82, 2.24) is 29.0 Å². The molecule has 0 aliphatic heterocycles. The van der Waals surface area contributed by atoms with Gasteiger partial charge in [0.05, 0.1) is 11.7 Å². The monoisotopic (exact) mass is 386 g/mol. The van der Waals surface area contributed by atoms with Gasteiger partial charge in [-0.3, -0.25) is 4.90 Å². The van der Waals surface area contributed by atoms with Crippen LogP contribution in [0, 0.1) is 6.92 Å². The summed E-state index contributed by atoms with van der Waals surface area (Å²) < 4.78 is 4.40. The Bertz CT molecular complexity index is 882. The number of aromatic nitrogens is 5. The highest BCUT2D eigenvalue weighted by Crippen LogP contribution is 2.27. The van der Waals surface area contributed by atoms with Crippen LogP contribution in [0.3, 0.4) is 0 Å². The molecule has 3 rings (SSSR count). The van der Waals surface area contributed by atoms with E-state index in [0.717, 1.165) is 53.9 Å². The molecular weight excluding hydrogens is 356 g/mol. The van der Waals surface area contributed by atoms with Crippen molar-refractivity contribution in [2.75, 3.05) is 14.1 Å². The molecule has 0 bridgehead atoms. The maximum atomic E-state index is 4.72. The van der Waals surface area contributed by atoms with E-state index in [2.05, 4.69) is 83.5 Å². The van der Waals surface area contributed by atoms with Crippen LogP contribution >= 0.6 is 11.8 Å². The van der Waals surface area contributed by atoms with Gasteiger partial charge in [-0.2, -0.15) is 0 Å². The normalized spacial score (nSPS) is 13.0. The largest absolute Gasteiger partial charge is 0.307 e. The van der Waals surface area contributed by atoms with Gasteiger partial charge in [-0.25, -0.2) is 4.98 Å². The van der Waals surface area contributed by atoms with Gasteiger partial charge < -0.3 is 8.97 Å². The number of aryl methyl sites for hydroxylation is 1. The van der Waals surface area contributed by atoms with E-state index >= 15 is 0 Å². The van der Waals surface area contributed by atoms with Crippen molar-refractivity contribution in [3.8, 4) is 0 Å². The van der Waals surface area contributed by atoms with E-state index < -0.39 is 0 Å². The third-order valence-corrected chi connectivity index (χ3v) is 5.79. The summed E-state index contributed by atoms with van der Waals surface area (Å²) in [5, 5.41) is 10.1. The zero-order valence-electron chi connectivity index (χ0n) is 17.0. The van der Waals surface area contributed by atoms with Gasteiger partial charge in [0, 0.05) is 24.7 Å². The van der Waals surface area contributed by atoms with Crippen LogP contribution in [-0.4, -0.2) is 43.1 Å². The molecule has 146 valence electrons. The van der Waals surface area contributed by atoms with E-state index in [1.165, 1.54) is 5.56 Å². The molecule has 0 fully saturated rings. The molecule has 0 N–H and O–H groups in total. The number of nitrogens with zero attached hydrogens (tertiary/aromatic N) is 6. The average molecular weight is 387 g/mol. The molecule has 3 aromatic heterocycles. The molecule has 0 saturated heterocycles. The Morgan fingerprint density at radius 3 is 2.67 bits per heavy atom. The Morgan fingerprint density at radius 2 is 1.96 bits per heavy atom. The fraction of sp³-hybridized carbons (Fsp3) is 0.550. The molecule has 0 aromatic carbocycles. The lowest BCUT2D eigenvalue weighted by atomic mass is 10.2. The average Bonchev–Trinajstić information content (AvgIpc) is 3.21. The minimum Gasteiger partial charge on any atom is -0.307 e. The molecule has 1 unspecified atom stereocenters. The van der Waals surface area contributed by atoms with Gasteiger partial charge in [0.15, 0.2) is 11.0 Å². The van der Waals surface area contributed by atoms with Crippen LogP contribution < -0.4 is 0 Å². The van der Waals surface area contributed by atoms with Gasteiger partial charge in [0.25, 0.3) is 0 Å². The maximum Gasteiger partial charge on any atom is 0.191 e. The van der Waals surface area contributed by atoms with E-state index in [0.29, 0.717) is 6.04 Å². The first kappa shape index (κ1) is 19.9. The second kappa shape index (κ2) is 8.89. The zero-order chi connectivity index (χ0) is 19.4. The molecule has 3 aromatic rings. The van der Waals surface area contributed by atoms with E-state index in [-0.39, 0.29) is 0 Å². The fourth-order valence-corrected chi connectivity index (χ4v) is 4.18. The van der Waals surface area contributed by atoms with Gasteiger partial charge in [0.2, 0.25) is 0 Å². The van der Waals surface area contributed by atoms with E-state index in [1.54, 1.807) is 11.8 Å². The van der Waals surface area contributed by atoms with E-state index in [9.17, 15) is 0 Å². The van der Waals surface area contributed by atoms with Crippen LogP contribution in [0.2, 0.25) is 0 Å². The summed E-state index contributed by atoms with van der Waals surface area (Å²) in [4.78, 5) is 6.95. The van der Waals surface area contributed by atoms with Crippen LogP contribution in [0.15, 0.2) is 29.7 Å². The standard InChI is InChI=1S/C20H30N6S/c1-6-8-11-26-19(17(7-2)24(4)5)22-23-20(26)27-14-16-13-25-12-15(3)9-10-18(25)21-16/h9-10,12-13,17H,6-8,11,14H2,1-5H3. The Morgan fingerprint density at radius 1 is 1.15 bits per heavy atom. The quantitative estimate of drug-likeness (QED) is 0.512. The molecule has 1 atom stereocenters. The summed E-state index contributed by atoms with van der Waals surface area (Å²) in [7, 11) is 4.22. The number of thioether (sulfide) groups is 1. The molecule has 0 saturated carbocycles. The Labute approximate surface area is 166 Å². The lowest BCUT2D eigenvalue weighted by molar-refractivity contribution is 0.270. The van der Waals surface area contributed by atoms with Crippen LogP contribution in [0.1, 0.15) is 56.2 Å². The van der Waals surface area contributed by atoms with Crippen LogP contribution in [0.4, 0.5) is 0 Å². The number of pyridine rings is 1. The van der Waals surface area contributed by atoms with E-state index in [4.69, 9.17) is 4.98 Å². The summed E-state index contributed by atoms with van der Waals surface area (Å²) in [6, 6.07) is 4.45. The fourth-order valence-electron chi connectivity index (χ4n) is 3.32. The van der Waals surface area contributed by atoms with E-state index in [1.807, 2.05) is 0 Å². The summed E-state index contributed by atoms with van der Waals surface area (Å²) in [5.74, 6) is 1.87. The zero-order valence-corrected chi connectivity index (χ0v) is 17.8. The lowest BCUT2D eigenvalue weighted by Crippen LogP contribution is -2.23. The van der Waals surface area contributed by atoms with Gasteiger partial charge >= 0.3 is 0 Å². The first-order chi connectivity index (χ1) is 13.0. The Hall–Kier alpha value is -1.86. The summed E-state index contributed by atoms with van der Waals surface area (Å²) in [5.41, 5.74) is 3.29. The first-order valence-electron chi connectivity index (χ1n) is 9.70. The van der Waals surface area contributed by atoms with Gasteiger partial charge in [-0.05, 0) is 45.5 Å². The number of hydrogen-bond donors (Lipinski definition) is 0. The minimum atomic E-state index is 0.293. The highest BCUT2D eigenvalue weighted by atomic mass is 32.2. The third-order valence-electron chi connectivity index (χ3n) is 4.79. The number of rotatable bonds is 9. The summed E-state index contributed by atoms with van der Waals surface area (Å²) >= 11 is 1.73. The lowest BCUT2D eigenvalue weighted by Gasteiger charge is -2.23. The van der Waals surface area contributed by atoms with Gasteiger partial charge in [0.1, 0.15) is 5.65 Å². The predicted octanol–water partition coefficient (Wildman–Crippen LogP) is 4.34. The molecule has 6 nitrogen and oxygen atoms in total. The minimum absolute atomic E-state index is 0.293. The SMILES string of the molecule is CCCCn1c(SCc2cn3cc(C)ccc3n2)nnc1C(CC)N(C)C. The topological polar surface area (TPSA) is 51.3 Å². The molecule has 0 radical (unpaired) electrons.